The Balaban J connectivity index is 2.77. The van der Waals surface area contributed by atoms with Crippen molar-refractivity contribution in [2.24, 2.45) is 5.73 Å². The largest absolute Gasteiger partial charge is 0.393 e. The number of benzene rings is 1. The summed E-state index contributed by atoms with van der Waals surface area (Å²) >= 11 is 7.93. The summed E-state index contributed by atoms with van der Waals surface area (Å²) < 4.78 is 14.2. The summed E-state index contributed by atoms with van der Waals surface area (Å²) in [6, 6.07) is 4.14. The number of hydrogen-bond donors (Lipinski definition) is 2. The third-order valence-corrected chi connectivity index (χ3v) is 3.11. The van der Waals surface area contributed by atoms with Crippen molar-refractivity contribution >= 4 is 39.0 Å². The minimum atomic E-state index is -0.563. The maximum absolute atomic E-state index is 13.6. The normalized spacial score (nSPS) is 11.9. The molecule has 0 heterocycles. The van der Waals surface area contributed by atoms with Crippen LogP contribution in [0, 0.1) is 5.82 Å². The molecule has 0 aromatic heterocycles. The summed E-state index contributed by atoms with van der Waals surface area (Å²) in [5, 5.41) is 2.71. The number of amides is 1. The van der Waals surface area contributed by atoms with E-state index < -0.39 is 11.7 Å². The van der Waals surface area contributed by atoms with E-state index in [-0.39, 0.29) is 11.6 Å². The molecule has 0 radical (unpaired) electrons. The van der Waals surface area contributed by atoms with Crippen molar-refractivity contribution in [2.45, 2.75) is 25.8 Å². The van der Waals surface area contributed by atoms with Gasteiger partial charge >= 0.3 is 0 Å². The highest BCUT2D eigenvalue weighted by atomic mass is 79.9. The molecule has 0 aliphatic heterocycles. The maximum Gasteiger partial charge on any atom is 0.254 e. The van der Waals surface area contributed by atoms with Gasteiger partial charge in [-0.05, 0) is 24.6 Å². The number of nitrogens with two attached hydrogens (primary N) is 1. The molecule has 1 unspecified atom stereocenters. The van der Waals surface area contributed by atoms with Crippen molar-refractivity contribution in [1.82, 2.24) is 5.32 Å². The number of hydrogen-bond acceptors (Lipinski definition) is 2. The fourth-order valence-corrected chi connectivity index (χ4v) is 2.01. The van der Waals surface area contributed by atoms with Crippen LogP contribution in [-0.2, 0) is 0 Å². The van der Waals surface area contributed by atoms with Crippen LogP contribution >= 0.6 is 28.1 Å². The van der Waals surface area contributed by atoms with Gasteiger partial charge in [0.15, 0.2) is 0 Å². The quantitative estimate of drug-likeness (QED) is 0.815. The Labute approximate surface area is 119 Å². The Kier molecular flexibility index (Phi) is 5.68. The number of carbonyl (C=O) groups is 1. The number of carbonyl (C=O) groups excluding carboxylic acids is 1. The Morgan fingerprint density at radius 3 is 2.78 bits per heavy atom. The average Bonchev–Trinajstić information content (AvgIpc) is 2.27. The van der Waals surface area contributed by atoms with Gasteiger partial charge in [0.2, 0.25) is 0 Å². The van der Waals surface area contributed by atoms with Crippen molar-refractivity contribution in [3.63, 3.8) is 0 Å². The fourth-order valence-electron chi connectivity index (χ4n) is 1.48. The zero-order valence-electron chi connectivity index (χ0n) is 9.87. The molecule has 0 aliphatic rings. The lowest BCUT2D eigenvalue weighted by Crippen LogP contribution is -2.37. The van der Waals surface area contributed by atoms with Crippen LogP contribution in [0.1, 0.15) is 30.1 Å². The van der Waals surface area contributed by atoms with Gasteiger partial charge in [0.05, 0.1) is 10.6 Å². The third kappa shape index (κ3) is 4.34. The van der Waals surface area contributed by atoms with Gasteiger partial charge in [0.25, 0.3) is 5.91 Å². The van der Waals surface area contributed by atoms with Crippen molar-refractivity contribution < 1.29 is 9.18 Å². The predicted octanol–water partition coefficient (Wildman–Crippen LogP) is 2.77. The van der Waals surface area contributed by atoms with Crippen LogP contribution < -0.4 is 11.1 Å². The zero-order valence-corrected chi connectivity index (χ0v) is 12.3. The monoisotopic (exact) mass is 332 g/mol. The van der Waals surface area contributed by atoms with E-state index in [2.05, 4.69) is 21.2 Å². The zero-order chi connectivity index (χ0) is 13.7. The molecule has 0 saturated heterocycles. The van der Waals surface area contributed by atoms with Crippen LogP contribution in [0.5, 0.6) is 0 Å². The standard InChI is InChI=1S/C12H14BrFN2OS/c1-2-8(6-11(15)18)16-12(17)9-4-3-7(13)5-10(9)14/h3-5,8H,2,6H2,1H3,(H2,15,18)(H,16,17). The van der Waals surface area contributed by atoms with Crippen LogP contribution in [0.4, 0.5) is 4.39 Å². The summed E-state index contributed by atoms with van der Waals surface area (Å²) in [7, 11) is 0. The van der Waals surface area contributed by atoms with Gasteiger partial charge in [-0.2, -0.15) is 0 Å². The molecule has 1 aromatic rings. The molecule has 3 N–H and O–H groups in total. The SMILES string of the molecule is CCC(CC(N)=S)NC(=O)c1ccc(Br)cc1F. The Morgan fingerprint density at radius 1 is 1.61 bits per heavy atom. The second kappa shape index (κ2) is 6.80. The van der Waals surface area contributed by atoms with E-state index in [4.69, 9.17) is 18.0 Å². The molecule has 0 aliphatic carbocycles. The van der Waals surface area contributed by atoms with Crippen LogP contribution in [0.15, 0.2) is 22.7 Å². The summed E-state index contributed by atoms with van der Waals surface area (Å²) in [5.41, 5.74) is 5.45. The first kappa shape index (κ1) is 15.0. The van der Waals surface area contributed by atoms with Crippen molar-refractivity contribution in [2.75, 3.05) is 0 Å². The summed E-state index contributed by atoms with van der Waals surface area (Å²) in [6.45, 7) is 1.90. The number of nitrogens with one attached hydrogen (secondary N) is 1. The summed E-state index contributed by atoms with van der Waals surface area (Å²) in [6.07, 6.45) is 1.09. The predicted molar refractivity (Wildman–Crippen MR) is 77.0 cm³/mol. The van der Waals surface area contributed by atoms with E-state index in [1.54, 1.807) is 6.07 Å². The molecule has 0 spiro atoms. The Bertz CT molecular complexity index is 467. The molecular formula is C12H14BrFN2OS. The molecule has 1 rings (SSSR count). The van der Waals surface area contributed by atoms with Gasteiger partial charge in [0, 0.05) is 16.9 Å². The van der Waals surface area contributed by atoms with Gasteiger partial charge in [-0.1, -0.05) is 35.1 Å². The molecule has 0 fully saturated rings. The van der Waals surface area contributed by atoms with Gasteiger partial charge in [-0.25, -0.2) is 4.39 Å². The van der Waals surface area contributed by atoms with Gasteiger partial charge in [-0.15, -0.1) is 0 Å². The lowest BCUT2D eigenvalue weighted by Gasteiger charge is -2.16. The number of thiocarbonyl (C=S) groups is 1. The van der Waals surface area contributed by atoms with E-state index in [9.17, 15) is 9.18 Å². The number of rotatable bonds is 5. The molecule has 98 valence electrons. The fraction of sp³-hybridized carbons (Fsp3) is 0.333. The molecule has 3 nitrogen and oxygen atoms in total. The van der Waals surface area contributed by atoms with Crippen LogP contribution in [0.2, 0.25) is 0 Å². The molecule has 1 amide bonds. The second-order valence-corrected chi connectivity index (χ2v) is 5.31. The first-order valence-corrected chi connectivity index (χ1v) is 6.68. The first-order chi connectivity index (χ1) is 8.43. The Morgan fingerprint density at radius 2 is 2.28 bits per heavy atom. The van der Waals surface area contributed by atoms with Gasteiger partial charge in [-0.3, -0.25) is 4.79 Å². The van der Waals surface area contributed by atoms with Crippen molar-refractivity contribution in [1.29, 1.82) is 0 Å². The smallest absolute Gasteiger partial charge is 0.254 e. The van der Waals surface area contributed by atoms with E-state index >= 15 is 0 Å². The maximum atomic E-state index is 13.6. The topological polar surface area (TPSA) is 55.1 Å². The van der Waals surface area contributed by atoms with Crippen molar-refractivity contribution in [3.8, 4) is 0 Å². The molecule has 18 heavy (non-hydrogen) atoms. The van der Waals surface area contributed by atoms with Crippen LogP contribution in [0.25, 0.3) is 0 Å². The average molecular weight is 333 g/mol. The van der Waals surface area contributed by atoms with E-state index in [1.165, 1.54) is 12.1 Å². The Hall–Kier alpha value is -1.01. The first-order valence-electron chi connectivity index (χ1n) is 5.48. The number of halogens is 2. The lowest BCUT2D eigenvalue weighted by atomic mass is 10.1. The highest BCUT2D eigenvalue weighted by Crippen LogP contribution is 2.15. The van der Waals surface area contributed by atoms with Gasteiger partial charge < -0.3 is 11.1 Å². The van der Waals surface area contributed by atoms with Crippen LogP contribution in [0.3, 0.4) is 0 Å². The molecular weight excluding hydrogens is 319 g/mol. The van der Waals surface area contributed by atoms with E-state index in [1.807, 2.05) is 6.92 Å². The second-order valence-electron chi connectivity index (χ2n) is 3.87. The molecule has 1 atom stereocenters. The highest BCUT2D eigenvalue weighted by Gasteiger charge is 2.16. The van der Waals surface area contributed by atoms with E-state index in [0.717, 1.165) is 0 Å². The van der Waals surface area contributed by atoms with E-state index in [0.29, 0.717) is 22.3 Å². The molecule has 0 saturated carbocycles. The van der Waals surface area contributed by atoms with Gasteiger partial charge in [0.1, 0.15) is 5.82 Å². The highest BCUT2D eigenvalue weighted by molar-refractivity contribution is 9.10. The molecule has 0 bridgehead atoms. The van der Waals surface area contributed by atoms with Crippen LogP contribution in [-0.4, -0.2) is 16.9 Å². The minimum Gasteiger partial charge on any atom is -0.393 e. The summed E-state index contributed by atoms with van der Waals surface area (Å²) in [4.78, 5) is 12.2. The van der Waals surface area contributed by atoms with Crippen molar-refractivity contribution in [3.05, 3.63) is 34.1 Å². The lowest BCUT2D eigenvalue weighted by molar-refractivity contribution is 0.0933. The molecule has 6 heteroatoms. The molecule has 1 aromatic carbocycles. The summed E-state index contributed by atoms with van der Waals surface area (Å²) in [5.74, 6) is -1.02. The minimum absolute atomic E-state index is 0.0135. The third-order valence-electron chi connectivity index (χ3n) is 2.45.